The summed E-state index contributed by atoms with van der Waals surface area (Å²) in [5.41, 5.74) is 0. The molecule has 1 atom stereocenters. The largest absolute Gasteiger partial charge is 0.469 e. The van der Waals surface area contributed by atoms with Crippen molar-refractivity contribution in [1.29, 1.82) is 0 Å². The van der Waals surface area contributed by atoms with Gasteiger partial charge in [-0.15, -0.1) is 0 Å². The van der Waals surface area contributed by atoms with Crippen molar-refractivity contribution in [3.05, 3.63) is 0 Å². The number of hydrogen-bond acceptors (Lipinski definition) is 6. The second-order valence-corrected chi connectivity index (χ2v) is 15.7. The van der Waals surface area contributed by atoms with Gasteiger partial charge in [0.15, 0.2) is 6.10 Å². The summed E-state index contributed by atoms with van der Waals surface area (Å²) in [6.45, 7) is 6.03. The lowest BCUT2D eigenvalue weighted by Gasteiger charge is -2.18. The van der Waals surface area contributed by atoms with Crippen LogP contribution in [0.2, 0.25) is 0 Å². The zero-order chi connectivity index (χ0) is 35.6. The Bertz CT molecular complexity index is 769. The third kappa shape index (κ3) is 37.9. The molecule has 48 heavy (non-hydrogen) atoms. The predicted octanol–water partition coefficient (Wildman–Crippen LogP) is 11.9. The van der Waals surface area contributed by atoms with E-state index in [1.807, 2.05) is 0 Å². The van der Waals surface area contributed by atoms with E-state index in [0.717, 1.165) is 44.4 Å². The topological polar surface area (TPSA) is 119 Å². The van der Waals surface area contributed by atoms with E-state index < -0.39 is 32.5 Å². The highest BCUT2D eigenvalue weighted by Gasteiger charge is 2.22. The molecule has 0 aromatic carbocycles. The van der Waals surface area contributed by atoms with E-state index in [2.05, 4.69) is 25.3 Å². The van der Waals surface area contributed by atoms with Gasteiger partial charge >= 0.3 is 19.8 Å². The fourth-order valence-electron chi connectivity index (χ4n) is 6.03. The van der Waals surface area contributed by atoms with Gasteiger partial charge in [-0.3, -0.25) is 14.1 Å². The van der Waals surface area contributed by atoms with E-state index in [0.29, 0.717) is 6.42 Å². The molecule has 0 aliphatic rings. The van der Waals surface area contributed by atoms with E-state index >= 15 is 0 Å². The SMILES string of the molecule is CCCCCCCCCCCC(=O)O[C@H](COC(=O)CCCCCCCCCCCCCCCCCCCCC(C)C)COP(=O)(O)O. The Labute approximate surface area is 295 Å². The number of rotatable bonds is 37. The van der Waals surface area contributed by atoms with E-state index in [1.54, 1.807) is 0 Å². The molecule has 9 heteroatoms. The monoisotopic (exact) mass is 705 g/mol. The Morgan fingerprint density at radius 3 is 1.25 bits per heavy atom. The summed E-state index contributed by atoms with van der Waals surface area (Å²) < 4.78 is 26.3. The second kappa shape index (κ2) is 34.5. The van der Waals surface area contributed by atoms with Gasteiger partial charge in [0.05, 0.1) is 6.61 Å². The van der Waals surface area contributed by atoms with Gasteiger partial charge in [-0.2, -0.15) is 0 Å². The summed E-state index contributed by atoms with van der Waals surface area (Å²) in [6, 6.07) is 0. The Morgan fingerprint density at radius 1 is 0.521 bits per heavy atom. The van der Waals surface area contributed by atoms with E-state index in [4.69, 9.17) is 19.3 Å². The lowest BCUT2D eigenvalue weighted by atomic mass is 10.0. The van der Waals surface area contributed by atoms with Crippen molar-refractivity contribution < 1.29 is 37.9 Å². The molecule has 0 fully saturated rings. The third-order valence-corrected chi connectivity index (χ3v) is 9.54. The van der Waals surface area contributed by atoms with Crippen LogP contribution >= 0.6 is 7.82 Å². The van der Waals surface area contributed by atoms with E-state index in [-0.39, 0.29) is 19.4 Å². The first-order chi connectivity index (χ1) is 23.1. The van der Waals surface area contributed by atoms with Crippen molar-refractivity contribution in [1.82, 2.24) is 0 Å². The van der Waals surface area contributed by atoms with Crippen LogP contribution in [0.15, 0.2) is 0 Å². The second-order valence-electron chi connectivity index (χ2n) is 14.5. The molecule has 0 rings (SSSR count). The fraction of sp³-hybridized carbons (Fsp3) is 0.949. The normalized spacial score (nSPS) is 12.5. The summed E-state index contributed by atoms with van der Waals surface area (Å²) in [6.07, 6.45) is 34.1. The molecule has 0 radical (unpaired) electrons. The number of phosphoric acid groups is 1. The Kier molecular flexibility index (Phi) is 33.8. The number of carbonyl (C=O) groups is 2. The number of ether oxygens (including phenoxy) is 2. The quantitative estimate of drug-likeness (QED) is 0.0372. The minimum absolute atomic E-state index is 0.217. The maximum absolute atomic E-state index is 12.3. The zero-order valence-electron chi connectivity index (χ0n) is 31.6. The first-order valence-electron chi connectivity index (χ1n) is 20.2. The fourth-order valence-corrected chi connectivity index (χ4v) is 6.39. The molecular weight excluding hydrogens is 627 g/mol. The number of phosphoric ester groups is 1. The van der Waals surface area contributed by atoms with Crippen LogP contribution in [0.3, 0.4) is 0 Å². The Hall–Kier alpha value is -0.950. The molecule has 0 spiro atoms. The van der Waals surface area contributed by atoms with E-state index in [9.17, 15) is 14.2 Å². The van der Waals surface area contributed by atoms with Crippen molar-refractivity contribution in [3.8, 4) is 0 Å². The lowest BCUT2D eigenvalue weighted by molar-refractivity contribution is -0.161. The predicted molar refractivity (Wildman–Crippen MR) is 198 cm³/mol. The summed E-state index contributed by atoms with van der Waals surface area (Å²) in [4.78, 5) is 42.6. The van der Waals surface area contributed by atoms with Crippen molar-refractivity contribution in [3.63, 3.8) is 0 Å². The molecule has 0 heterocycles. The van der Waals surface area contributed by atoms with Gasteiger partial charge in [0.1, 0.15) is 6.61 Å². The van der Waals surface area contributed by atoms with Gasteiger partial charge in [0, 0.05) is 12.8 Å². The average Bonchev–Trinajstić information content (AvgIpc) is 3.03. The highest BCUT2D eigenvalue weighted by atomic mass is 31.2. The van der Waals surface area contributed by atoms with Crippen LogP contribution in [0.5, 0.6) is 0 Å². The van der Waals surface area contributed by atoms with Crippen molar-refractivity contribution in [2.45, 2.75) is 219 Å². The van der Waals surface area contributed by atoms with Crippen molar-refractivity contribution in [2.75, 3.05) is 13.2 Å². The number of unbranched alkanes of at least 4 members (excludes halogenated alkanes) is 25. The first-order valence-corrected chi connectivity index (χ1v) is 21.7. The van der Waals surface area contributed by atoms with Gasteiger partial charge in [-0.05, 0) is 18.8 Å². The number of esters is 2. The summed E-state index contributed by atoms with van der Waals surface area (Å²) in [5.74, 6) is -0.0235. The smallest absolute Gasteiger partial charge is 0.462 e. The number of carbonyl (C=O) groups excluding carboxylic acids is 2. The first kappa shape index (κ1) is 47.0. The van der Waals surface area contributed by atoms with Crippen molar-refractivity contribution >= 4 is 19.8 Å². The zero-order valence-corrected chi connectivity index (χ0v) is 32.5. The summed E-state index contributed by atoms with van der Waals surface area (Å²) in [5, 5.41) is 0. The molecule has 0 aromatic heterocycles. The Morgan fingerprint density at radius 2 is 0.875 bits per heavy atom. The molecule has 0 amide bonds. The van der Waals surface area contributed by atoms with Gasteiger partial charge in [-0.1, -0.05) is 188 Å². The molecule has 0 aromatic rings. The van der Waals surface area contributed by atoms with Crippen LogP contribution in [0.25, 0.3) is 0 Å². The maximum Gasteiger partial charge on any atom is 0.469 e. The number of hydrogen-bond donors (Lipinski definition) is 2. The third-order valence-electron chi connectivity index (χ3n) is 9.05. The van der Waals surface area contributed by atoms with Crippen LogP contribution in [-0.4, -0.2) is 41.0 Å². The molecular formula is C39H77O8P. The van der Waals surface area contributed by atoms with Gasteiger partial charge in [0.2, 0.25) is 0 Å². The van der Waals surface area contributed by atoms with E-state index in [1.165, 1.54) is 135 Å². The van der Waals surface area contributed by atoms with Crippen molar-refractivity contribution in [2.24, 2.45) is 5.92 Å². The minimum Gasteiger partial charge on any atom is -0.462 e. The molecule has 0 bridgehead atoms. The molecule has 0 saturated heterocycles. The molecule has 286 valence electrons. The summed E-state index contributed by atoms with van der Waals surface area (Å²) >= 11 is 0. The molecule has 0 saturated carbocycles. The van der Waals surface area contributed by atoms with Gasteiger partial charge < -0.3 is 19.3 Å². The lowest BCUT2D eigenvalue weighted by Crippen LogP contribution is -2.29. The van der Waals surface area contributed by atoms with Crippen LogP contribution in [0.1, 0.15) is 213 Å². The van der Waals surface area contributed by atoms with Crippen LogP contribution in [0.4, 0.5) is 0 Å². The van der Waals surface area contributed by atoms with Gasteiger partial charge in [0.25, 0.3) is 0 Å². The average molecular weight is 705 g/mol. The Balaban J connectivity index is 3.78. The maximum atomic E-state index is 12.3. The highest BCUT2D eigenvalue weighted by Crippen LogP contribution is 2.36. The molecule has 2 N–H and O–H groups in total. The summed E-state index contributed by atoms with van der Waals surface area (Å²) in [7, 11) is -4.74. The van der Waals surface area contributed by atoms with Gasteiger partial charge in [-0.25, -0.2) is 4.57 Å². The standard InChI is InChI=1S/C39H77O8P/c1-4-5-6-7-8-19-24-27-30-33-39(41)47-37(35-46-48(42,43)44)34-45-38(40)32-29-26-23-21-18-16-14-12-10-9-11-13-15-17-20-22-25-28-31-36(2)3/h36-37H,4-35H2,1-3H3,(H2,42,43,44)/t37-/m1/s1. The molecule has 0 unspecified atom stereocenters. The van der Waals surface area contributed by atoms with Crippen LogP contribution < -0.4 is 0 Å². The molecule has 0 aliphatic heterocycles. The molecule has 8 nitrogen and oxygen atoms in total. The molecule has 0 aliphatic carbocycles. The van der Waals surface area contributed by atoms with Crippen LogP contribution in [0, 0.1) is 5.92 Å². The van der Waals surface area contributed by atoms with Crippen LogP contribution in [-0.2, 0) is 28.2 Å². The highest BCUT2D eigenvalue weighted by molar-refractivity contribution is 7.46. The minimum atomic E-state index is -4.74.